The molecular formula is C14H11F2N3. The summed E-state index contributed by atoms with van der Waals surface area (Å²) >= 11 is 0. The Morgan fingerprint density at radius 2 is 1.89 bits per heavy atom. The number of fused-ring (bicyclic) bond motifs is 1. The monoisotopic (exact) mass is 259 g/mol. The summed E-state index contributed by atoms with van der Waals surface area (Å²) in [4.78, 5) is 4.23. The van der Waals surface area contributed by atoms with Crippen LogP contribution >= 0.6 is 0 Å². The third-order valence-electron chi connectivity index (χ3n) is 3.07. The van der Waals surface area contributed by atoms with Gasteiger partial charge in [0.15, 0.2) is 11.6 Å². The Balaban J connectivity index is 2.35. The zero-order chi connectivity index (χ0) is 13.6. The predicted molar refractivity (Wildman–Crippen MR) is 70.1 cm³/mol. The van der Waals surface area contributed by atoms with Crippen LogP contribution in [-0.2, 0) is 0 Å². The van der Waals surface area contributed by atoms with Gasteiger partial charge in [0.1, 0.15) is 0 Å². The third kappa shape index (κ3) is 1.74. The molecule has 0 atom stereocenters. The molecule has 0 radical (unpaired) electrons. The molecular weight excluding hydrogens is 248 g/mol. The summed E-state index contributed by atoms with van der Waals surface area (Å²) in [6, 6.07) is 9.28. The first-order chi connectivity index (χ1) is 9.08. The minimum atomic E-state index is -0.910. The number of aromatic nitrogens is 2. The second kappa shape index (κ2) is 4.05. The van der Waals surface area contributed by atoms with E-state index >= 15 is 0 Å². The molecule has 19 heavy (non-hydrogen) atoms. The number of nitrogen functional groups attached to an aromatic ring is 1. The summed E-state index contributed by atoms with van der Waals surface area (Å²) in [5, 5.41) is 0. The Bertz CT molecular complexity index is 778. The van der Waals surface area contributed by atoms with Crippen molar-refractivity contribution in [3.05, 3.63) is 53.6 Å². The molecule has 0 saturated carbocycles. The maximum Gasteiger partial charge on any atom is 0.205 e. The van der Waals surface area contributed by atoms with E-state index in [0.717, 1.165) is 28.7 Å². The van der Waals surface area contributed by atoms with Gasteiger partial charge in [0.05, 0.1) is 16.7 Å². The van der Waals surface area contributed by atoms with Gasteiger partial charge < -0.3 is 5.73 Å². The summed E-state index contributed by atoms with van der Waals surface area (Å²) < 4.78 is 28.0. The minimum absolute atomic E-state index is 0.246. The van der Waals surface area contributed by atoms with Crippen molar-refractivity contribution in [2.75, 3.05) is 5.73 Å². The molecule has 2 aromatic carbocycles. The molecule has 1 heterocycles. The number of nitrogens with zero attached hydrogens (tertiary/aromatic N) is 2. The molecule has 1 aromatic heterocycles. The first kappa shape index (κ1) is 11.6. The van der Waals surface area contributed by atoms with E-state index in [0.29, 0.717) is 5.69 Å². The van der Waals surface area contributed by atoms with Crippen LogP contribution in [0.5, 0.6) is 0 Å². The van der Waals surface area contributed by atoms with Crippen LogP contribution in [0.2, 0.25) is 0 Å². The van der Waals surface area contributed by atoms with Crippen LogP contribution in [0, 0.1) is 18.6 Å². The second-order valence-corrected chi connectivity index (χ2v) is 4.35. The van der Waals surface area contributed by atoms with Crippen LogP contribution in [-0.4, -0.2) is 9.55 Å². The predicted octanol–water partition coefficient (Wildman–Crippen LogP) is 3.19. The van der Waals surface area contributed by atoms with Crippen LogP contribution < -0.4 is 5.73 Å². The zero-order valence-electron chi connectivity index (χ0n) is 10.2. The van der Waals surface area contributed by atoms with Crippen LogP contribution in [0.4, 0.5) is 14.7 Å². The van der Waals surface area contributed by atoms with Gasteiger partial charge in [-0.25, -0.2) is 13.8 Å². The lowest BCUT2D eigenvalue weighted by atomic mass is 10.2. The normalized spacial score (nSPS) is 11.1. The van der Waals surface area contributed by atoms with E-state index in [1.807, 2.05) is 25.1 Å². The molecule has 5 heteroatoms. The number of nitrogens with two attached hydrogens (primary N) is 1. The second-order valence-electron chi connectivity index (χ2n) is 4.35. The highest BCUT2D eigenvalue weighted by Crippen LogP contribution is 2.26. The Kier molecular flexibility index (Phi) is 2.48. The van der Waals surface area contributed by atoms with Gasteiger partial charge in [-0.2, -0.15) is 0 Å². The van der Waals surface area contributed by atoms with Gasteiger partial charge in [0, 0.05) is 6.07 Å². The number of imidazole rings is 1. The number of hydrogen-bond acceptors (Lipinski definition) is 2. The molecule has 3 nitrogen and oxygen atoms in total. The lowest BCUT2D eigenvalue weighted by Crippen LogP contribution is -2.02. The highest BCUT2D eigenvalue weighted by molar-refractivity contribution is 5.83. The number of benzene rings is 2. The zero-order valence-corrected chi connectivity index (χ0v) is 10.2. The SMILES string of the molecule is Cc1cccc2nc(N)n(-c3ccc(F)c(F)c3)c12. The van der Waals surface area contributed by atoms with Crippen molar-refractivity contribution in [2.45, 2.75) is 6.92 Å². The first-order valence-electron chi connectivity index (χ1n) is 5.77. The molecule has 96 valence electrons. The van der Waals surface area contributed by atoms with Gasteiger partial charge in [-0.05, 0) is 30.7 Å². The maximum absolute atomic E-state index is 13.4. The molecule has 0 aliphatic heterocycles. The summed E-state index contributed by atoms with van der Waals surface area (Å²) in [5.41, 5.74) is 8.82. The summed E-state index contributed by atoms with van der Waals surface area (Å²) in [7, 11) is 0. The van der Waals surface area contributed by atoms with Gasteiger partial charge in [0.2, 0.25) is 5.95 Å². The van der Waals surface area contributed by atoms with Crippen LogP contribution in [0.3, 0.4) is 0 Å². The number of rotatable bonds is 1. The molecule has 0 spiro atoms. The molecule has 0 aliphatic carbocycles. The Hall–Kier alpha value is -2.43. The molecule has 0 amide bonds. The highest BCUT2D eigenvalue weighted by Gasteiger charge is 2.13. The summed E-state index contributed by atoms with van der Waals surface area (Å²) in [5.74, 6) is -1.55. The van der Waals surface area contributed by atoms with Gasteiger partial charge in [-0.1, -0.05) is 12.1 Å². The Morgan fingerprint density at radius 1 is 1.11 bits per heavy atom. The van der Waals surface area contributed by atoms with E-state index in [4.69, 9.17) is 5.73 Å². The first-order valence-corrected chi connectivity index (χ1v) is 5.77. The molecule has 2 N–H and O–H groups in total. The third-order valence-corrected chi connectivity index (χ3v) is 3.07. The van der Waals surface area contributed by atoms with Crippen molar-refractivity contribution < 1.29 is 8.78 Å². The van der Waals surface area contributed by atoms with Crippen molar-refractivity contribution in [1.82, 2.24) is 9.55 Å². The van der Waals surface area contributed by atoms with Gasteiger partial charge >= 0.3 is 0 Å². The molecule has 0 unspecified atom stereocenters. The molecule has 0 fully saturated rings. The number of anilines is 1. The van der Waals surface area contributed by atoms with E-state index in [2.05, 4.69) is 4.98 Å². The van der Waals surface area contributed by atoms with Crippen molar-refractivity contribution in [3.63, 3.8) is 0 Å². The molecule has 0 aliphatic rings. The fourth-order valence-electron chi connectivity index (χ4n) is 2.20. The van der Waals surface area contributed by atoms with E-state index in [1.54, 1.807) is 4.57 Å². The average Bonchev–Trinajstić information content (AvgIpc) is 2.70. The number of aryl methyl sites for hydroxylation is 1. The lowest BCUT2D eigenvalue weighted by molar-refractivity contribution is 0.508. The number of para-hydroxylation sites is 1. The summed E-state index contributed by atoms with van der Waals surface area (Å²) in [6.45, 7) is 1.92. The Morgan fingerprint density at radius 3 is 2.63 bits per heavy atom. The standard InChI is InChI=1S/C14H11F2N3/c1-8-3-2-4-12-13(8)19(14(17)18-12)9-5-6-10(15)11(16)7-9/h2-7H,1H3,(H2,17,18). The van der Waals surface area contributed by atoms with Crippen molar-refractivity contribution in [2.24, 2.45) is 0 Å². The van der Waals surface area contributed by atoms with Crippen molar-refractivity contribution in [3.8, 4) is 5.69 Å². The quantitative estimate of drug-likeness (QED) is 0.729. The van der Waals surface area contributed by atoms with Crippen LogP contribution in [0.25, 0.3) is 16.7 Å². The van der Waals surface area contributed by atoms with E-state index in [-0.39, 0.29) is 5.95 Å². The molecule has 3 aromatic rings. The fourth-order valence-corrected chi connectivity index (χ4v) is 2.20. The number of halogens is 2. The number of hydrogen-bond donors (Lipinski definition) is 1. The van der Waals surface area contributed by atoms with E-state index < -0.39 is 11.6 Å². The topological polar surface area (TPSA) is 43.8 Å². The van der Waals surface area contributed by atoms with E-state index in [9.17, 15) is 8.78 Å². The molecule has 3 rings (SSSR count). The highest BCUT2D eigenvalue weighted by atomic mass is 19.2. The smallest absolute Gasteiger partial charge is 0.205 e. The van der Waals surface area contributed by atoms with E-state index in [1.165, 1.54) is 6.07 Å². The fraction of sp³-hybridized carbons (Fsp3) is 0.0714. The van der Waals surface area contributed by atoms with Gasteiger partial charge in [0.25, 0.3) is 0 Å². The van der Waals surface area contributed by atoms with Crippen molar-refractivity contribution in [1.29, 1.82) is 0 Å². The molecule has 0 saturated heterocycles. The summed E-state index contributed by atoms with van der Waals surface area (Å²) in [6.07, 6.45) is 0. The maximum atomic E-state index is 13.4. The average molecular weight is 259 g/mol. The minimum Gasteiger partial charge on any atom is -0.369 e. The largest absolute Gasteiger partial charge is 0.369 e. The lowest BCUT2D eigenvalue weighted by Gasteiger charge is -2.08. The van der Waals surface area contributed by atoms with Gasteiger partial charge in [-0.3, -0.25) is 4.57 Å². The molecule has 0 bridgehead atoms. The Labute approximate surface area is 108 Å². The van der Waals surface area contributed by atoms with Crippen molar-refractivity contribution >= 4 is 17.0 Å². The van der Waals surface area contributed by atoms with Crippen LogP contribution in [0.15, 0.2) is 36.4 Å². The van der Waals surface area contributed by atoms with Crippen LogP contribution in [0.1, 0.15) is 5.56 Å². The van der Waals surface area contributed by atoms with Gasteiger partial charge in [-0.15, -0.1) is 0 Å².